The normalized spacial score (nSPS) is 11.0. The van der Waals surface area contributed by atoms with Crippen LogP contribution in [0.5, 0.6) is 0 Å². The van der Waals surface area contributed by atoms with Gasteiger partial charge < -0.3 is 4.90 Å². The smallest absolute Gasteiger partial charge is 0.261 e. The van der Waals surface area contributed by atoms with Gasteiger partial charge in [-0.15, -0.1) is 24.2 Å². The number of halogens is 2. The highest BCUT2D eigenvalue weighted by atomic mass is 35.5. The van der Waals surface area contributed by atoms with Crippen LogP contribution in [0.1, 0.15) is 29.8 Å². The number of benzene rings is 2. The second-order valence-electron chi connectivity index (χ2n) is 6.70. The predicted molar refractivity (Wildman–Crippen MR) is 134 cm³/mol. The van der Waals surface area contributed by atoms with Gasteiger partial charge in [-0.25, -0.2) is 4.98 Å². The minimum Gasteiger partial charge on any atom is -0.302 e. The highest BCUT2D eigenvalue weighted by molar-refractivity contribution is 7.98. The average Bonchev–Trinajstić information content (AvgIpc) is 3.18. The topological polar surface area (TPSA) is 36.4 Å². The van der Waals surface area contributed by atoms with Crippen LogP contribution in [0, 0.1) is 6.92 Å². The fraction of sp³-hybridized carbons (Fsp3) is 0.364. The van der Waals surface area contributed by atoms with Gasteiger partial charge in [0.2, 0.25) is 0 Å². The van der Waals surface area contributed by atoms with Gasteiger partial charge in [0.1, 0.15) is 0 Å². The van der Waals surface area contributed by atoms with Gasteiger partial charge in [-0.2, -0.15) is 0 Å². The van der Waals surface area contributed by atoms with Crippen LogP contribution in [0.2, 0.25) is 5.02 Å². The zero-order valence-electron chi connectivity index (χ0n) is 17.6. The van der Waals surface area contributed by atoms with Crippen molar-refractivity contribution in [3.05, 3.63) is 52.5 Å². The van der Waals surface area contributed by atoms with Crippen LogP contribution < -0.4 is 4.90 Å². The fourth-order valence-corrected chi connectivity index (χ4v) is 5.03. The van der Waals surface area contributed by atoms with Gasteiger partial charge in [-0.05, 0) is 56.1 Å². The molecule has 162 valence electrons. The van der Waals surface area contributed by atoms with Gasteiger partial charge in [0.05, 0.1) is 15.8 Å². The molecular formula is C22H27Cl2N3OS2. The zero-order valence-corrected chi connectivity index (χ0v) is 20.9. The van der Waals surface area contributed by atoms with Crippen LogP contribution in [-0.4, -0.2) is 48.2 Å². The van der Waals surface area contributed by atoms with Crippen molar-refractivity contribution in [1.29, 1.82) is 0 Å². The third-order valence-electron chi connectivity index (χ3n) is 5.08. The molecule has 0 bridgehead atoms. The maximum absolute atomic E-state index is 13.6. The van der Waals surface area contributed by atoms with E-state index in [2.05, 4.69) is 18.7 Å². The largest absolute Gasteiger partial charge is 0.302 e. The first-order chi connectivity index (χ1) is 14.0. The minimum absolute atomic E-state index is 0. The van der Waals surface area contributed by atoms with Crippen molar-refractivity contribution >= 4 is 68.4 Å². The van der Waals surface area contributed by atoms with E-state index >= 15 is 0 Å². The molecule has 0 saturated carbocycles. The lowest BCUT2D eigenvalue weighted by atomic mass is 10.2. The Hall–Kier alpha value is -1.31. The Bertz CT molecular complexity index is 1010. The van der Waals surface area contributed by atoms with Crippen LogP contribution in [0.3, 0.4) is 0 Å². The molecule has 3 aromatic rings. The summed E-state index contributed by atoms with van der Waals surface area (Å²) in [5, 5.41) is 1.42. The van der Waals surface area contributed by atoms with Crippen LogP contribution in [-0.2, 0) is 0 Å². The molecule has 0 aliphatic carbocycles. The van der Waals surface area contributed by atoms with Crippen LogP contribution in [0.25, 0.3) is 10.2 Å². The Labute approximate surface area is 198 Å². The number of thiazole rings is 1. The zero-order chi connectivity index (χ0) is 21.0. The Morgan fingerprint density at radius 1 is 1.13 bits per heavy atom. The number of amides is 1. The van der Waals surface area contributed by atoms with Gasteiger partial charge in [0, 0.05) is 23.0 Å². The number of likely N-dealkylation sites (N-methyl/N-ethyl adjacent to an activating group) is 1. The molecule has 1 amide bonds. The van der Waals surface area contributed by atoms with E-state index in [0.29, 0.717) is 17.1 Å². The number of aromatic nitrogens is 1. The van der Waals surface area contributed by atoms with Gasteiger partial charge >= 0.3 is 0 Å². The van der Waals surface area contributed by atoms with E-state index in [0.717, 1.165) is 45.4 Å². The molecule has 0 atom stereocenters. The van der Waals surface area contributed by atoms with Gasteiger partial charge in [-0.3, -0.25) is 9.69 Å². The van der Waals surface area contributed by atoms with E-state index < -0.39 is 0 Å². The highest BCUT2D eigenvalue weighted by Crippen LogP contribution is 2.34. The highest BCUT2D eigenvalue weighted by Gasteiger charge is 2.24. The molecule has 1 heterocycles. The molecule has 8 heteroatoms. The van der Waals surface area contributed by atoms with Crippen molar-refractivity contribution in [2.75, 3.05) is 37.3 Å². The number of anilines is 1. The van der Waals surface area contributed by atoms with E-state index in [1.807, 2.05) is 54.5 Å². The number of aryl methyl sites for hydroxylation is 1. The average molecular weight is 485 g/mol. The molecule has 3 rings (SSSR count). The number of carbonyl (C=O) groups excluding carboxylic acids is 1. The number of thioether (sulfide) groups is 1. The molecule has 0 fully saturated rings. The van der Waals surface area contributed by atoms with Crippen LogP contribution >= 0.6 is 47.1 Å². The summed E-state index contributed by atoms with van der Waals surface area (Å²) in [7, 11) is 0. The maximum Gasteiger partial charge on any atom is 0.261 e. The fourth-order valence-electron chi connectivity index (χ4n) is 3.24. The molecule has 2 aromatic carbocycles. The number of fused-ring (bicyclic) bond motifs is 1. The van der Waals surface area contributed by atoms with Crippen LogP contribution in [0.15, 0.2) is 41.3 Å². The van der Waals surface area contributed by atoms with E-state index in [1.54, 1.807) is 23.1 Å². The Kier molecular flexibility index (Phi) is 9.44. The molecule has 4 nitrogen and oxygen atoms in total. The lowest BCUT2D eigenvalue weighted by molar-refractivity contribution is 0.0981. The lowest BCUT2D eigenvalue weighted by Gasteiger charge is -2.25. The molecule has 0 spiro atoms. The second kappa shape index (κ2) is 11.3. The Morgan fingerprint density at radius 3 is 2.50 bits per heavy atom. The molecule has 0 radical (unpaired) electrons. The van der Waals surface area contributed by atoms with Gasteiger partial charge in [0.25, 0.3) is 5.91 Å². The summed E-state index contributed by atoms with van der Waals surface area (Å²) in [6.07, 6.45) is 2.00. The van der Waals surface area contributed by atoms with Crippen molar-refractivity contribution in [2.24, 2.45) is 0 Å². The van der Waals surface area contributed by atoms with E-state index in [-0.39, 0.29) is 18.3 Å². The number of hydrogen-bond acceptors (Lipinski definition) is 5. The molecule has 30 heavy (non-hydrogen) atoms. The van der Waals surface area contributed by atoms with E-state index in [9.17, 15) is 4.79 Å². The molecule has 1 aromatic heterocycles. The first kappa shape index (κ1) is 25.0. The Balaban J connectivity index is 0.00000320. The van der Waals surface area contributed by atoms with Gasteiger partial charge in [-0.1, -0.05) is 48.9 Å². The van der Waals surface area contributed by atoms with Crippen LogP contribution in [0.4, 0.5) is 5.13 Å². The molecule has 0 unspecified atom stereocenters. The summed E-state index contributed by atoms with van der Waals surface area (Å²) >= 11 is 9.42. The standard InChI is InChI=1S/C22H26ClN3OS2.ClH/c1-5-25(6-2)13-14-26(21(27)16-9-7-8-10-18(16)28-4)22-24-20-15(3)17(23)11-12-19(20)29-22;/h7-12H,5-6,13-14H2,1-4H3;1H. The summed E-state index contributed by atoms with van der Waals surface area (Å²) in [5.74, 6) is -0.00934. The van der Waals surface area contributed by atoms with E-state index in [4.69, 9.17) is 16.6 Å². The molecule has 0 saturated heterocycles. The van der Waals surface area contributed by atoms with E-state index in [1.165, 1.54) is 0 Å². The summed E-state index contributed by atoms with van der Waals surface area (Å²) in [6.45, 7) is 9.55. The first-order valence-corrected chi connectivity index (χ1v) is 12.1. The Morgan fingerprint density at radius 2 is 1.83 bits per heavy atom. The van der Waals surface area contributed by atoms with Crippen molar-refractivity contribution in [3.63, 3.8) is 0 Å². The summed E-state index contributed by atoms with van der Waals surface area (Å²) in [4.78, 5) is 23.5. The molecule has 0 aliphatic heterocycles. The molecular weight excluding hydrogens is 457 g/mol. The molecule has 0 aliphatic rings. The monoisotopic (exact) mass is 483 g/mol. The minimum atomic E-state index is -0.00934. The second-order valence-corrected chi connectivity index (χ2v) is 8.96. The van der Waals surface area contributed by atoms with Crippen molar-refractivity contribution in [3.8, 4) is 0 Å². The predicted octanol–water partition coefficient (Wildman–Crippen LogP) is 6.39. The number of carbonyl (C=O) groups is 1. The number of hydrogen-bond donors (Lipinski definition) is 0. The molecule has 0 N–H and O–H groups in total. The number of rotatable bonds is 8. The SMILES string of the molecule is CCN(CC)CCN(C(=O)c1ccccc1SC)c1nc2c(C)c(Cl)ccc2s1.Cl. The van der Waals surface area contributed by atoms with Crippen molar-refractivity contribution in [1.82, 2.24) is 9.88 Å². The van der Waals surface area contributed by atoms with Gasteiger partial charge in [0.15, 0.2) is 5.13 Å². The van der Waals surface area contributed by atoms with Crippen molar-refractivity contribution in [2.45, 2.75) is 25.7 Å². The summed E-state index contributed by atoms with van der Waals surface area (Å²) in [5.41, 5.74) is 2.54. The first-order valence-electron chi connectivity index (χ1n) is 9.73. The number of nitrogens with zero attached hydrogens (tertiary/aromatic N) is 3. The lowest BCUT2D eigenvalue weighted by Crippen LogP contribution is -2.39. The summed E-state index contributed by atoms with van der Waals surface area (Å²) in [6, 6.07) is 11.6. The third kappa shape index (κ3) is 5.29. The summed E-state index contributed by atoms with van der Waals surface area (Å²) < 4.78 is 1.04. The third-order valence-corrected chi connectivity index (χ3v) is 7.33. The quantitative estimate of drug-likeness (QED) is 0.347. The van der Waals surface area contributed by atoms with Crippen molar-refractivity contribution < 1.29 is 4.79 Å². The maximum atomic E-state index is 13.6.